The number of hydrogen-bond donors (Lipinski definition) is 5. The SMILES string of the molecule is CC(C)N(Cc1c(F)cccc1F)C(=O)Nc1ccc(S(=O)(=O)N2CCC(CNC[C@H](O)c3ccc(O)c(NS(C)(=O)=O)c3)CC2)cc1. The number of piperidine rings is 1. The fourth-order valence-corrected chi connectivity index (χ4v) is 7.37. The van der Waals surface area contributed by atoms with Gasteiger partial charge in [-0.2, -0.15) is 4.31 Å². The molecule has 12 nitrogen and oxygen atoms in total. The fourth-order valence-electron chi connectivity index (χ4n) is 5.34. The maximum atomic E-state index is 14.2. The molecule has 262 valence electrons. The maximum Gasteiger partial charge on any atom is 0.322 e. The number of amides is 2. The standard InChI is InChI=1S/C32H41F2N5O7S2/c1-21(2)39(20-26-27(33)5-4-6-28(26)34)32(42)36-24-8-10-25(11-9-24)48(45,46)38-15-13-22(14-16-38)18-35-19-31(41)23-7-12-30(40)29(17-23)37-47(3,43)44/h4-12,17,21-22,31,35,37,40-41H,13-16,18-20H2,1-3H3,(H,36,42)/t31-/m0/s1. The molecule has 1 fully saturated rings. The number of benzene rings is 3. The molecule has 0 saturated carbocycles. The van der Waals surface area contributed by atoms with Crippen LogP contribution in [0.4, 0.5) is 25.0 Å². The number of aliphatic hydroxyl groups excluding tert-OH is 1. The fraction of sp³-hybridized carbons (Fsp3) is 0.406. The monoisotopic (exact) mass is 709 g/mol. The predicted molar refractivity (Wildman–Crippen MR) is 178 cm³/mol. The Balaban J connectivity index is 1.27. The van der Waals surface area contributed by atoms with Crippen molar-refractivity contribution in [2.45, 2.75) is 50.3 Å². The molecular formula is C32H41F2N5O7S2. The van der Waals surface area contributed by atoms with Gasteiger partial charge < -0.3 is 25.7 Å². The summed E-state index contributed by atoms with van der Waals surface area (Å²) in [6.07, 6.45) is 1.16. The number of phenolic OH excluding ortho intramolecular Hbond substituents is 1. The summed E-state index contributed by atoms with van der Waals surface area (Å²) in [6.45, 7) is 4.43. The molecule has 16 heteroatoms. The van der Waals surface area contributed by atoms with Crippen LogP contribution in [0.2, 0.25) is 0 Å². The van der Waals surface area contributed by atoms with Gasteiger partial charge >= 0.3 is 6.03 Å². The zero-order chi connectivity index (χ0) is 35.2. The number of hydrogen-bond acceptors (Lipinski definition) is 8. The van der Waals surface area contributed by atoms with Crippen LogP contribution in [0.15, 0.2) is 65.6 Å². The number of nitrogens with one attached hydrogen (secondary N) is 3. The number of phenols is 1. The number of carbonyl (C=O) groups is 1. The summed E-state index contributed by atoms with van der Waals surface area (Å²) >= 11 is 0. The predicted octanol–water partition coefficient (Wildman–Crippen LogP) is 4.21. The number of sulfonamides is 2. The largest absolute Gasteiger partial charge is 0.506 e. The number of anilines is 2. The summed E-state index contributed by atoms with van der Waals surface area (Å²) in [5, 5.41) is 26.3. The average molecular weight is 710 g/mol. The second-order valence-electron chi connectivity index (χ2n) is 12.0. The van der Waals surface area contributed by atoms with E-state index in [0.29, 0.717) is 43.7 Å². The number of rotatable bonds is 13. The molecule has 1 saturated heterocycles. The molecule has 4 rings (SSSR count). The molecule has 0 aliphatic carbocycles. The van der Waals surface area contributed by atoms with Crippen LogP contribution in [0.25, 0.3) is 0 Å². The van der Waals surface area contributed by atoms with Crippen molar-refractivity contribution in [3.8, 4) is 5.75 Å². The van der Waals surface area contributed by atoms with Gasteiger partial charge in [0.05, 0.1) is 29.5 Å². The zero-order valence-corrected chi connectivity index (χ0v) is 28.5. The van der Waals surface area contributed by atoms with Crippen molar-refractivity contribution in [2.24, 2.45) is 5.92 Å². The normalized spacial score (nSPS) is 15.3. The molecule has 2 amide bonds. The van der Waals surface area contributed by atoms with Crippen LogP contribution in [0.1, 0.15) is 43.9 Å². The Labute approximate surface area is 279 Å². The van der Waals surface area contributed by atoms with Gasteiger partial charge in [0.15, 0.2) is 0 Å². The summed E-state index contributed by atoms with van der Waals surface area (Å²) in [6, 6.07) is 12.4. The van der Waals surface area contributed by atoms with Gasteiger partial charge in [-0.1, -0.05) is 12.1 Å². The quantitative estimate of drug-likeness (QED) is 0.165. The van der Waals surface area contributed by atoms with Gasteiger partial charge in [-0.05, 0) is 93.2 Å². The number of carbonyl (C=O) groups excluding carboxylic acids is 1. The number of urea groups is 1. The van der Waals surface area contributed by atoms with Crippen LogP contribution >= 0.6 is 0 Å². The van der Waals surface area contributed by atoms with Gasteiger partial charge in [-0.3, -0.25) is 4.72 Å². The van der Waals surface area contributed by atoms with Gasteiger partial charge in [-0.15, -0.1) is 0 Å². The number of aromatic hydroxyl groups is 1. The summed E-state index contributed by atoms with van der Waals surface area (Å²) < 4.78 is 81.8. The number of aliphatic hydroxyl groups is 1. The topological polar surface area (TPSA) is 168 Å². The average Bonchev–Trinajstić information content (AvgIpc) is 3.01. The van der Waals surface area contributed by atoms with E-state index >= 15 is 0 Å². The van der Waals surface area contributed by atoms with E-state index < -0.39 is 43.8 Å². The Bertz CT molecular complexity index is 1780. The molecule has 3 aromatic rings. The second kappa shape index (κ2) is 15.6. The summed E-state index contributed by atoms with van der Waals surface area (Å²) in [4.78, 5) is 14.3. The van der Waals surface area contributed by atoms with Crippen molar-refractivity contribution in [3.63, 3.8) is 0 Å². The van der Waals surface area contributed by atoms with E-state index in [1.807, 2.05) is 0 Å². The first-order valence-corrected chi connectivity index (χ1v) is 18.7. The van der Waals surface area contributed by atoms with E-state index in [-0.39, 0.29) is 46.9 Å². The Morgan fingerprint density at radius 3 is 2.21 bits per heavy atom. The van der Waals surface area contributed by atoms with E-state index in [0.717, 1.165) is 18.4 Å². The molecule has 5 N–H and O–H groups in total. The Morgan fingerprint density at radius 2 is 1.62 bits per heavy atom. The van der Waals surface area contributed by atoms with Gasteiger partial charge in [0, 0.05) is 36.9 Å². The van der Waals surface area contributed by atoms with E-state index in [1.165, 1.54) is 57.7 Å². The van der Waals surface area contributed by atoms with Crippen LogP contribution in [0, 0.1) is 17.6 Å². The maximum absolute atomic E-state index is 14.2. The van der Waals surface area contributed by atoms with Crippen molar-refractivity contribution >= 4 is 37.5 Å². The minimum absolute atomic E-state index is 0.0331. The third kappa shape index (κ3) is 9.63. The van der Waals surface area contributed by atoms with Crippen molar-refractivity contribution < 1.29 is 40.6 Å². The van der Waals surface area contributed by atoms with Crippen LogP contribution in [0.5, 0.6) is 5.75 Å². The third-order valence-electron chi connectivity index (χ3n) is 8.06. The molecule has 3 aromatic carbocycles. The highest BCUT2D eigenvalue weighted by Crippen LogP contribution is 2.28. The van der Waals surface area contributed by atoms with Crippen LogP contribution < -0.4 is 15.4 Å². The molecule has 0 spiro atoms. The van der Waals surface area contributed by atoms with Gasteiger partial charge in [0.2, 0.25) is 20.0 Å². The smallest absolute Gasteiger partial charge is 0.322 e. The molecule has 1 aliphatic heterocycles. The highest BCUT2D eigenvalue weighted by atomic mass is 32.2. The van der Waals surface area contributed by atoms with Gasteiger partial charge in [0.25, 0.3) is 0 Å². The Kier molecular flexibility index (Phi) is 12.0. The second-order valence-corrected chi connectivity index (χ2v) is 15.7. The lowest BCUT2D eigenvalue weighted by Gasteiger charge is -2.31. The lowest BCUT2D eigenvalue weighted by molar-refractivity contribution is 0.169. The lowest BCUT2D eigenvalue weighted by Crippen LogP contribution is -2.41. The van der Waals surface area contributed by atoms with Crippen molar-refractivity contribution in [2.75, 3.05) is 42.5 Å². The third-order valence-corrected chi connectivity index (χ3v) is 10.6. The molecule has 1 aliphatic rings. The molecule has 0 aromatic heterocycles. The van der Waals surface area contributed by atoms with E-state index in [9.17, 15) is 40.6 Å². The van der Waals surface area contributed by atoms with Crippen LogP contribution in [-0.4, -0.2) is 80.8 Å². The molecule has 0 radical (unpaired) electrons. The number of nitrogens with zero attached hydrogens (tertiary/aromatic N) is 2. The molecule has 1 heterocycles. The highest BCUT2D eigenvalue weighted by molar-refractivity contribution is 7.92. The zero-order valence-electron chi connectivity index (χ0n) is 26.9. The minimum Gasteiger partial charge on any atom is -0.506 e. The highest BCUT2D eigenvalue weighted by Gasteiger charge is 2.30. The molecule has 0 bridgehead atoms. The number of halogens is 2. The van der Waals surface area contributed by atoms with E-state index in [2.05, 4.69) is 15.4 Å². The first-order valence-electron chi connectivity index (χ1n) is 15.4. The lowest BCUT2D eigenvalue weighted by atomic mass is 9.98. The molecule has 48 heavy (non-hydrogen) atoms. The van der Waals surface area contributed by atoms with Crippen LogP contribution in [0.3, 0.4) is 0 Å². The van der Waals surface area contributed by atoms with E-state index in [1.54, 1.807) is 13.8 Å². The van der Waals surface area contributed by atoms with Crippen molar-refractivity contribution in [1.82, 2.24) is 14.5 Å². The Hall–Kier alpha value is -3.83. The van der Waals surface area contributed by atoms with E-state index in [4.69, 9.17) is 0 Å². The van der Waals surface area contributed by atoms with Crippen molar-refractivity contribution in [3.05, 3.63) is 83.4 Å². The minimum atomic E-state index is -3.80. The first kappa shape index (κ1) is 37.0. The first-order chi connectivity index (χ1) is 22.5. The Morgan fingerprint density at radius 1 is 1.00 bits per heavy atom. The summed E-state index contributed by atoms with van der Waals surface area (Å²) in [5.41, 5.74) is 0.469. The summed E-state index contributed by atoms with van der Waals surface area (Å²) in [7, 11) is -7.42. The summed E-state index contributed by atoms with van der Waals surface area (Å²) in [5.74, 6) is -1.62. The molecule has 0 unspecified atom stereocenters. The molecule has 1 atom stereocenters. The van der Waals surface area contributed by atoms with Gasteiger partial charge in [0.1, 0.15) is 17.4 Å². The van der Waals surface area contributed by atoms with Crippen LogP contribution in [-0.2, 0) is 26.6 Å². The van der Waals surface area contributed by atoms with Crippen molar-refractivity contribution in [1.29, 1.82) is 0 Å². The van der Waals surface area contributed by atoms with Gasteiger partial charge in [-0.25, -0.2) is 30.4 Å². The molecular weight excluding hydrogens is 669 g/mol.